The third kappa shape index (κ3) is 3.39. The Labute approximate surface area is 136 Å². The van der Waals surface area contributed by atoms with Crippen LogP contribution < -0.4 is 5.73 Å². The molecule has 0 saturated carbocycles. The highest BCUT2D eigenvalue weighted by molar-refractivity contribution is 7.89. The molecular formula is C14H19ClN2O2S2. The molecule has 0 bridgehead atoms. The molecule has 2 N–H and O–H groups in total. The number of halogens is 1. The van der Waals surface area contributed by atoms with Crippen LogP contribution in [0.5, 0.6) is 0 Å². The number of hydrogen-bond donors (Lipinski definition) is 1. The van der Waals surface area contributed by atoms with E-state index in [0.29, 0.717) is 18.0 Å². The van der Waals surface area contributed by atoms with Crippen LogP contribution in [0.25, 0.3) is 0 Å². The molecule has 2 rings (SSSR count). The van der Waals surface area contributed by atoms with Gasteiger partial charge in [-0.25, -0.2) is 8.42 Å². The molecule has 0 radical (unpaired) electrons. The van der Waals surface area contributed by atoms with Gasteiger partial charge in [-0.05, 0) is 37.8 Å². The van der Waals surface area contributed by atoms with Crippen LogP contribution in [-0.4, -0.2) is 30.3 Å². The fourth-order valence-corrected chi connectivity index (χ4v) is 5.01. The molecule has 2 unspecified atom stereocenters. The highest BCUT2D eigenvalue weighted by Gasteiger charge is 2.34. The van der Waals surface area contributed by atoms with Gasteiger partial charge in [-0.3, -0.25) is 0 Å². The van der Waals surface area contributed by atoms with E-state index in [1.165, 1.54) is 16.4 Å². The van der Waals surface area contributed by atoms with Crippen molar-refractivity contribution in [2.45, 2.75) is 37.6 Å². The van der Waals surface area contributed by atoms with E-state index >= 15 is 0 Å². The number of sulfonamides is 1. The second-order valence-electron chi connectivity index (χ2n) is 5.60. The number of hydrogen-bond acceptors (Lipinski definition) is 3. The van der Waals surface area contributed by atoms with Gasteiger partial charge in [0.1, 0.15) is 9.88 Å². The largest absolute Gasteiger partial charge is 0.389 e. The molecule has 1 aromatic rings. The molecule has 7 heteroatoms. The van der Waals surface area contributed by atoms with Gasteiger partial charge in [0, 0.05) is 18.2 Å². The van der Waals surface area contributed by atoms with Gasteiger partial charge in [0.25, 0.3) is 0 Å². The molecular weight excluding hydrogens is 328 g/mol. The van der Waals surface area contributed by atoms with E-state index in [9.17, 15) is 8.42 Å². The van der Waals surface area contributed by atoms with Crippen molar-refractivity contribution in [2.24, 2.45) is 11.7 Å². The summed E-state index contributed by atoms with van der Waals surface area (Å²) in [6.45, 7) is 4.58. The minimum atomic E-state index is -3.64. The maximum atomic E-state index is 12.9. The van der Waals surface area contributed by atoms with Gasteiger partial charge < -0.3 is 5.73 Å². The van der Waals surface area contributed by atoms with E-state index in [4.69, 9.17) is 29.6 Å². The Morgan fingerprint density at radius 2 is 2.10 bits per heavy atom. The standard InChI is InChI=1S/C14H19ClN2O2S2/c1-9-5-6-17(10(2)7-9)21(18,19)13-8-11(14(16)20)3-4-12(13)15/h3-4,8-10H,5-7H2,1-2H3,(H2,16,20). The summed E-state index contributed by atoms with van der Waals surface area (Å²) in [5, 5.41) is 0.195. The quantitative estimate of drug-likeness (QED) is 0.855. The molecule has 1 aliphatic heterocycles. The maximum absolute atomic E-state index is 12.9. The van der Waals surface area contributed by atoms with Crippen LogP contribution in [0.15, 0.2) is 23.1 Å². The van der Waals surface area contributed by atoms with Crippen LogP contribution in [0.4, 0.5) is 0 Å². The van der Waals surface area contributed by atoms with Crippen molar-refractivity contribution >= 4 is 38.8 Å². The second kappa shape index (κ2) is 6.20. The summed E-state index contributed by atoms with van der Waals surface area (Å²) in [5.74, 6) is 0.532. The minimum absolute atomic E-state index is 0.0386. The Bertz CT molecular complexity index is 661. The predicted octanol–water partition coefficient (Wildman–Crippen LogP) is 2.78. The molecule has 0 spiro atoms. The van der Waals surface area contributed by atoms with Crippen LogP contribution in [0, 0.1) is 5.92 Å². The third-order valence-electron chi connectivity index (χ3n) is 3.88. The van der Waals surface area contributed by atoms with Gasteiger partial charge in [-0.15, -0.1) is 0 Å². The molecule has 2 atom stereocenters. The van der Waals surface area contributed by atoms with Crippen molar-refractivity contribution in [3.8, 4) is 0 Å². The van der Waals surface area contributed by atoms with Gasteiger partial charge in [-0.2, -0.15) is 4.31 Å². The van der Waals surface area contributed by atoms with Gasteiger partial charge in [0.2, 0.25) is 10.0 Å². The highest BCUT2D eigenvalue weighted by atomic mass is 35.5. The molecule has 1 saturated heterocycles. The Hall–Kier alpha value is -0.690. The first-order chi connectivity index (χ1) is 9.73. The Kier molecular flexibility index (Phi) is 4.92. The summed E-state index contributed by atoms with van der Waals surface area (Å²) in [4.78, 5) is 0.235. The second-order valence-corrected chi connectivity index (χ2v) is 8.31. The van der Waals surface area contributed by atoms with E-state index < -0.39 is 10.0 Å². The lowest BCUT2D eigenvalue weighted by molar-refractivity contribution is 0.220. The molecule has 1 aromatic carbocycles. The summed E-state index contributed by atoms with van der Waals surface area (Å²) >= 11 is 11.0. The zero-order chi connectivity index (χ0) is 15.8. The van der Waals surface area contributed by atoms with Crippen LogP contribution in [0.3, 0.4) is 0 Å². The first-order valence-electron chi connectivity index (χ1n) is 6.84. The highest BCUT2D eigenvalue weighted by Crippen LogP contribution is 2.31. The zero-order valence-electron chi connectivity index (χ0n) is 12.0. The molecule has 4 nitrogen and oxygen atoms in total. The van der Waals surface area contributed by atoms with E-state index in [1.54, 1.807) is 6.07 Å². The van der Waals surface area contributed by atoms with Crippen molar-refractivity contribution in [3.63, 3.8) is 0 Å². The normalized spacial score (nSPS) is 24.0. The van der Waals surface area contributed by atoms with Gasteiger partial charge in [0.15, 0.2) is 0 Å². The molecule has 116 valence electrons. The lowest BCUT2D eigenvalue weighted by atomic mass is 9.95. The van der Waals surface area contributed by atoms with Crippen LogP contribution in [-0.2, 0) is 10.0 Å². The topological polar surface area (TPSA) is 63.4 Å². The summed E-state index contributed by atoms with van der Waals surface area (Å²) in [6.07, 6.45) is 1.71. The average Bonchev–Trinajstić information content (AvgIpc) is 2.38. The first-order valence-corrected chi connectivity index (χ1v) is 9.07. The van der Waals surface area contributed by atoms with Crippen molar-refractivity contribution in [3.05, 3.63) is 28.8 Å². The Balaban J connectivity index is 2.44. The van der Waals surface area contributed by atoms with Crippen LogP contribution >= 0.6 is 23.8 Å². The molecule has 1 aliphatic rings. The third-order valence-corrected chi connectivity index (χ3v) is 6.61. The van der Waals surface area contributed by atoms with Crippen LogP contribution in [0.1, 0.15) is 32.3 Å². The summed E-state index contributed by atoms with van der Waals surface area (Å²) < 4.78 is 27.2. The molecule has 0 aliphatic carbocycles. The lowest BCUT2D eigenvalue weighted by Gasteiger charge is -2.35. The number of rotatable bonds is 3. The molecule has 0 amide bonds. The monoisotopic (exact) mass is 346 g/mol. The summed E-state index contributed by atoms with van der Waals surface area (Å²) in [7, 11) is -3.64. The van der Waals surface area contributed by atoms with E-state index in [1.807, 2.05) is 6.92 Å². The lowest BCUT2D eigenvalue weighted by Crippen LogP contribution is -2.44. The fraction of sp³-hybridized carbons (Fsp3) is 0.500. The van der Waals surface area contributed by atoms with Crippen molar-refractivity contribution < 1.29 is 8.42 Å². The Morgan fingerprint density at radius 3 is 2.67 bits per heavy atom. The van der Waals surface area contributed by atoms with E-state index in [2.05, 4.69) is 6.92 Å². The molecule has 21 heavy (non-hydrogen) atoms. The maximum Gasteiger partial charge on any atom is 0.244 e. The van der Waals surface area contributed by atoms with Gasteiger partial charge in [-0.1, -0.05) is 36.8 Å². The fourth-order valence-electron chi connectivity index (χ4n) is 2.72. The number of piperidine rings is 1. The molecule has 1 fully saturated rings. The zero-order valence-corrected chi connectivity index (χ0v) is 14.4. The van der Waals surface area contributed by atoms with Gasteiger partial charge in [0.05, 0.1) is 5.02 Å². The minimum Gasteiger partial charge on any atom is -0.389 e. The smallest absolute Gasteiger partial charge is 0.244 e. The van der Waals surface area contributed by atoms with Gasteiger partial charge >= 0.3 is 0 Å². The summed E-state index contributed by atoms with van der Waals surface area (Å²) in [6, 6.07) is 4.58. The number of benzene rings is 1. The van der Waals surface area contributed by atoms with Crippen molar-refractivity contribution in [1.29, 1.82) is 0 Å². The molecule has 1 heterocycles. The molecule has 0 aromatic heterocycles. The summed E-state index contributed by atoms with van der Waals surface area (Å²) in [5.41, 5.74) is 6.09. The van der Waals surface area contributed by atoms with Crippen molar-refractivity contribution in [2.75, 3.05) is 6.54 Å². The number of nitrogens with zero attached hydrogens (tertiary/aromatic N) is 1. The SMILES string of the molecule is CC1CCN(S(=O)(=O)c2cc(C(N)=S)ccc2Cl)C(C)C1. The van der Waals surface area contributed by atoms with E-state index in [0.717, 1.165) is 12.8 Å². The predicted molar refractivity (Wildman–Crippen MR) is 89.1 cm³/mol. The number of nitrogens with two attached hydrogens (primary N) is 1. The van der Waals surface area contributed by atoms with Crippen LogP contribution in [0.2, 0.25) is 5.02 Å². The average molecular weight is 347 g/mol. The first kappa shape index (κ1) is 16.7. The Morgan fingerprint density at radius 1 is 1.43 bits per heavy atom. The van der Waals surface area contributed by atoms with Crippen molar-refractivity contribution in [1.82, 2.24) is 4.31 Å². The van der Waals surface area contributed by atoms with E-state index in [-0.39, 0.29) is 20.9 Å². The number of thiocarbonyl (C=S) groups is 1.